The number of carbonyl (C=O) groups is 3. The van der Waals surface area contributed by atoms with Gasteiger partial charge in [-0.15, -0.1) is 24.0 Å². The number of ether oxygens (including phenoxy) is 1. The lowest BCUT2D eigenvalue weighted by molar-refractivity contribution is -0.113. The van der Waals surface area contributed by atoms with Gasteiger partial charge >= 0.3 is 5.97 Å². The smallest absolute Gasteiger partial charge is 0.341 e. The number of benzene rings is 1. The lowest BCUT2D eigenvalue weighted by atomic mass is 9.95. The number of furan rings is 1. The van der Waals surface area contributed by atoms with E-state index in [0.717, 1.165) is 41.7 Å². The van der Waals surface area contributed by atoms with Crippen LogP contribution in [0.4, 0.5) is 10.7 Å². The number of hydrogen-bond acceptors (Lipinski definition) is 8. The molecule has 1 aliphatic carbocycles. The summed E-state index contributed by atoms with van der Waals surface area (Å²) in [6.45, 7) is 5.61. The van der Waals surface area contributed by atoms with Gasteiger partial charge in [-0.05, 0) is 82.4 Å². The molecule has 0 unspecified atom stereocenters. The summed E-state index contributed by atoms with van der Waals surface area (Å²) in [7, 11) is 0. The van der Waals surface area contributed by atoms with Crippen LogP contribution in [-0.4, -0.2) is 24.4 Å². The Morgan fingerprint density at radius 3 is 2.52 bits per heavy atom. The largest absolute Gasteiger partial charge is 0.462 e. The number of thiol groups is 1. The summed E-state index contributed by atoms with van der Waals surface area (Å²) in [5, 5.41) is 13.0. The van der Waals surface area contributed by atoms with Crippen molar-refractivity contribution in [1.82, 2.24) is 0 Å². The molecular formula is C30H29N3O5S2. The molecule has 2 heterocycles. The van der Waals surface area contributed by atoms with Gasteiger partial charge in [-0.25, -0.2) is 4.79 Å². The van der Waals surface area contributed by atoms with E-state index in [-0.39, 0.29) is 17.1 Å². The highest BCUT2D eigenvalue weighted by Crippen LogP contribution is 2.39. The molecule has 0 saturated carbocycles. The van der Waals surface area contributed by atoms with Crippen LogP contribution in [0.1, 0.15) is 57.6 Å². The zero-order valence-electron chi connectivity index (χ0n) is 22.4. The lowest BCUT2D eigenvalue weighted by Crippen LogP contribution is -2.27. The molecule has 10 heteroatoms. The van der Waals surface area contributed by atoms with E-state index < -0.39 is 17.8 Å². The monoisotopic (exact) mass is 575 g/mol. The molecule has 1 aromatic carbocycles. The molecule has 0 aliphatic heterocycles. The van der Waals surface area contributed by atoms with Crippen molar-refractivity contribution in [1.29, 1.82) is 5.26 Å². The van der Waals surface area contributed by atoms with Crippen molar-refractivity contribution in [2.24, 2.45) is 0 Å². The molecule has 2 amide bonds. The number of thiophene rings is 1. The molecule has 4 rings (SSSR count). The number of carbonyl (C=O) groups excluding carboxylic acids is 3. The van der Waals surface area contributed by atoms with Gasteiger partial charge in [0.1, 0.15) is 28.2 Å². The first-order chi connectivity index (χ1) is 19.2. The second kappa shape index (κ2) is 12.9. The topological polar surface area (TPSA) is 113 Å². The SMILES string of the molecule is CCOC(=O)c1c(NC(=O)/C(C#N)=C/N(C(=O)/C(S)=C\c2ccc(C)o2)c2ccc(C)cc2)sc2c1CCCC2. The van der Waals surface area contributed by atoms with E-state index >= 15 is 0 Å². The van der Waals surface area contributed by atoms with E-state index in [1.54, 1.807) is 38.1 Å². The average Bonchev–Trinajstić information content (AvgIpc) is 3.51. The minimum Gasteiger partial charge on any atom is -0.462 e. The van der Waals surface area contributed by atoms with Gasteiger partial charge in [0, 0.05) is 16.8 Å². The third kappa shape index (κ3) is 6.55. The summed E-state index contributed by atoms with van der Waals surface area (Å²) in [6.07, 6.45) is 6.12. The lowest BCUT2D eigenvalue weighted by Gasteiger charge is -2.19. The summed E-state index contributed by atoms with van der Waals surface area (Å²) in [5.41, 5.74) is 2.31. The molecule has 0 fully saturated rings. The van der Waals surface area contributed by atoms with Crippen LogP contribution in [0.5, 0.6) is 0 Å². The zero-order chi connectivity index (χ0) is 28.8. The van der Waals surface area contributed by atoms with Crippen LogP contribution in [0.3, 0.4) is 0 Å². The fourth-order valence-corrected chi connectivity index (χ4v) is 5.83. The van der Waals surface area contributed by atoms with Gasteiger partial charge in [0.25, 0.3) is 11.8 Å². The van der Waals surface area contributed by atoms with Gasteiger partial charge in [-0.2, -0.15) is 5.26 Å². The first-order valence-corrected chi connectivity index (χ1v) is 14.1. The van der Waals surface area contributed by atoms with E-state index in [4.69, 9.17) is 9.15 Å². The molecule has 0 radical (unpaired) electrons. The molecule has 0 bridgehead atoms. The number of nitriles is 1. The Morgan fingerprint density at radius 2 is 1.88 bits per heavy atom. The zero-order valence-corrected chi connectivity index (χ0v) is 24.2. The fraction of sp³-hybridized carbons (Fsp3) is 0.267. The maximum Gasteiger partial charge on any atom is 0.341 e. The fourth-order valence-electron chi connectivity index (χ4n) is 4.32. The molecule has 8 nitrogen and oxygen atoms in total. The van der Waals surface area contributed by atoms with Gasteiger partial charge in [-0.3, -0.25) is 14.5 Å². The van der Waals surface area contributed by atoms with Crippen LogP contribution in [0, 0.1) is 25.2 Å². The molecule has 1 aliphatic rings. The number of amides is 2. The number of aryl methyl sites for hydroxylation is 3. The average molecular weight is 576 g/mol. The molecule has 0 saturated heterocycles. The highest BCUT2D eigenvalue weighted by molar-refractivity contribution is 7.85. The third-order valence-electron chi connectivity index (χ3n) is 6.29. The van der Waals surface area contributed by atoms with Crippen LogP contribution >= 0.6 is 24.0 Å². The Hall–Kier alpha value is -4.07. The predicted octanol–water partition coefficient (Wildman–Crippen LogP) is 6.36. The molecule has 206 valence electrons. The highest BCUT2D eigenvalue weighted by Gasteiger charge is 2.28. The maximum atomic E-state index is 13.5. The molecule has 0 spiro atoms. The number of fused-ring (bicyclic) bond motifs is 1. The van der Waals surface area contributed by atoms with E-state index in [1.807, 2.05) is 25.1 Å². The number of nitrogens with zero attached hydrogens (tertiary/aromatic N) is 2. The first kappa shape index (κ1) is 28.9. The van der Waals surface area contributed by atoms with Crippen molar-refractivity contribution < 1.29 is 23.5 Å². The summed E-state index contributed by atoms with van der Waals surface area (Å²) < 4.78 is 10.8. The molecular weight excluding hydrogens is 546 g/mol. The summed E-state index contributed by atoms with van der Waals surface area (Å²) in [4.78, 5) is 41.9. The van der Waals surface area contributed by atoms with E-state index in [2.05, 4.69) is 17.9 Å². The van der Waals surface area contributed by atoms with Crippen LogP contribution in [-0.2, 0) is 27.2 Å². The summed E-state index contributed by atoms with van der Waals surface area (Å²) >= 11 is 5.71. The van der Waals surface area contributed by atoms with Crippen molar-refractivity contribution in [3.8, 4) is 6.07 Å². The number of anilines is 2. The standard InChI is InChI=1S/C30H29N3O5S2/c1-4-37-30(36)26-23-7-5-6-8-25(23)40-28(26)32-27(34)20(16-31)17-33(21-12-9-18(2)10-13-21)29(35)24(39)15-22-14-11-19(3)38-22/h9-15,17,39H,4-8H2,1-3H3,(H,32,34)/b20-17+,24-15+. The molecule has 40 heavy (non-hydrogen) atoms. The first-order valence-electron chi connectivity index (χ1n) is 12.8. The van der Waals surface area contributed by atoms with Crippen LogP contribution < -0.4 is 10.2 Å². The Balaban J connectivity index is 1.69. The van der Waals surface area contributed by atoms with Gasteiger partial charge < -0.3 is 14.5 Å². The van der Waals surface area contributed by atoms with E-state index in [0.29, 0.717) is 27.8 Å². The highest BCUT2D eigenvalue weighted by atomic mass is 32.1. The Bertz CT molecular complexity index is 1540. The van der Waals surface area contributed by atoms with E-state index in [9.17, 15) is 19.6 Å². The van der Waals surface area contributed by atoms with Crippen molar-refractivity contribution in [3.05, 3.63) is 86.2 Å². The minimum absolute atomic E-state index is 0.0411. The summed E-state index contributed by atoms with van der Waals surface area (Å²) in [6, 6.07) is 12.4. The Morgan fingerprint density at radius 1 is 1.15 bits per heavy atom. The number of nitrogens with one attached hydrogen (secondary N) is 1. The van der Waals surface area contributed by atoms with Crippen LogP contribution in [0.15, 0.2) is 57.5 Å². The maximum absolute atomic E-state index is 13.5. The summed E-state index contributed by atoms with van der Waals surface area (Å²) in [5.74, 6) is -0.705. The number of esters is 1. The van der Waals surface area contributed by atoms with Crippen LogP contribution in [0.25, 0.3) is 6.08 Å². The molecule has 3 aromatic rings. The van der Waals surface area contributed by atoms with Gasteiger partial charge in [0.2, 0.25) is 0 Å². The Labute approximate surface area is 242 Å². The van der Waals surface area contributed by atoms with Gasteiger partial charge in [0.05, 0.1) is 17.1 Å². The van der Waals surface area contributed by atoms with Crippen LogP contribution in [0.2, 0.25) is 0 Å². The number of rotatable bonds is 8. The second-order valence-electron chi connectivity index (χ2n) is 9.23. The Kier molecular flexibility index (Phi) is 9.30. The quantitative estimate of drug-likeness (QED) is 0.140. The van der Waals surface area contributed by atoms with Crippen molar-refractivity contribution in [2.75, 3.05) is 16.8 Å². The molecule has 1 N–H and O–H groups in total. The van der Waals surface area contributed by atoms with Gasteiger partial charge in [-0.1, -0.05) is 17.7 Å². The second-order valence-corrected chi connectivity index (χ2v) is 10.8. The molecule has 2 aromatic heterocycles. The van der Waals surface area contributed by atoms with E-state index in [1.165, 1.54) is 28.5 Å². The van der Waals surface area contributed by atoms with Gasteiger partial charge in [0.15, 0.2) is 0 Å². The normalized spacial score (nSPS) is 13.3. The third-order valence-corrected chi connectivity index (χ3v) is 7.82. The molecule has 0 atom stereocenters. The van der Waals surface area contributed by atoms with Crippen molar-refractivity contribution >= 4 is 58.5 Å². The number of hydrogen-bond donors (Lipinski definition) is 2. The van der Waals surface area contributed by atoms with Crippen molar-refractivity contribution in [2.45, 2.75) is 46.5 Å². The predicted molar refractivity (Wildman–Crippen MR) is 158 cm³/mol. The minimum atomic E-state index is -0.747. The van der Waals surface area contributed by atoms with Crippen molar-refractivity contribution in [3.63, 3.8) is 0 Å².